The molecule has 1 heterocycles. The first kappa shape index (κ1) is 15.5. The Kier molecular flexibility index (Phi) is 5.71. The van der Waals surface area contributed by atoms with E-state index in [1.54, 1.807) is 31.2 Å². The second-order valence-corrected chi connectivity index (χ2v) is 4.72. The molecule has 2 N–H and O–H groups in total. The molecule has 1 aliphatic heterocycles. The van der Waals surface area contributed by atoms with Crippen molar-refractivity contribution in [3.8, 4) is 0 Å². The summed E-state index contributed by atoms with van der Waals surface area (Å²) in [5.41, 5.74) is 0.597. The first-order valence-electron chi connectivity index (χ1n) is 7.08. The van der Waals surface area contributed by atoms with Gasteiger partial charge in [0.15, 0.2) is 0 Å². The third kappa shape index (κ3) is 4.27. The van der Waals surface area contributed by atoms with Gasteiger partial charge in [0.05, 0.1) is 37.0 Å². The predicted molar refractivity (Wildman–Crippen MR) is 77.3 cm³/mol. The summed E-state index contributed by atoms with van der Waals surface area (Å²) < 4.78 is 10.4. The lowest BCUT2D eigenvalue weighted by Crippen LogP contribution is -2.43. The van der Waals surface area contributed by atoms with Crippen molar-refractivity contribution in [1.82, 2.24) is 10.6 Å². The highest BCUT2D eigenvalue weighted by Crippen LogP contribution is 2.11. The summed E-state index contributed by atoms with van der Waals surface area (Å²) in [5, 5.41) is 6.06. The zero-order valence-corrected chi connectivity index (χ0v) is 12.1. The van der Waals surface area contributed by atoms with Gasteiger partial charge in [-0.3, -0.25) is 4.79 Å². The van der Waals surface area contributed by atoms with Crippen molar-refractivity contribution in [2.75, 3.05) is 32.9 Å². The van der Waals surface area contributed by atoms with Gasteiger partial charge in [0.1, 0.15) is 0 Å². The minimum Gasteiger partial charge on any atom is -0.462 e. The van der Waals surface area contributed by atoms with Gasteiger partial charge in [-0.15, -0.1) is 0 Å². The molecular formula is C15H20N2O4. The van der Waals surface area contributed by atoms with Gasteiger partial charge >= 0.3 is 5.97 Å². The maximum atomic E-state index is 12.4. The standard InChI is InChI=1S/C15H20N2O4/c1-2-21-15(19)13-6-4-3-5-12(13)14(18)17-11-9-16-7-8-20-10-11/h3-6,11,16H,2,7-10H2,1H3,(H,17,18). The highest BCUT2D eigenvalue weighted by molar-refractivity contribution is 6.05. The van der Waals surface area contributed by atoms with E-state index in [4.69, 9.17) is 9.47 Å². The fraction of sp³-hybridized carbons (Fsp3) is 0.467. The summed E-state index contributed by atoms with van der Waals surface area (Å²) in [6, 6.07) is 6.52. The van der Waals surface area contributed by atoms with E-state index >= 15 is 0 Å². The van der Waals surface area contributed by atoms with Crippen molar-refractivity contribution < 1.29 is 19.1 Å². The number of carbonyl (C=O) groups excluding carboxylic acids is 2. The second-order valence-electron chi connectivity index (χ2n) is 4.72. The normalized spacial score (nSPS) is 18.6. The number of benzene rings is 1. The quantitative estimate of drug-likeness (QED) is 0.794. The molecular weight excluding hydrogens is 272 g/mol. The summed E-state index contributed by atoms with van der Waals surface area (Å²) >= 11 is 0. The van der Waals surface area contributed by atoms with Crippen LogP contribution >= 0.6 is 0 Å². The molecule has 6 nitrogen and oxygen atoms in total. The average Bonchev–Trinajstić information content (AvgIpc) is 2.76. The van der Waals surface area contributed by atoms with Gasteiger partial charge in [0, 0.05) is 13.1 Å². The van der Waals surface area contributed by atoms with Crippen LogP contribution < -0.4 is 10.6 Å². The molecule has 1 unspecified atom stereocenters. The summed E-state index contributed by atoms with van der Waals surface area (Å²) in [6.45, 7) is 4.51. The maximum Gasteiger partial charge on any atom is 0.338 e. The first-order chi connectivity index (χ1) is 10.2. The van der Waals surface area contributed by atoms with E-state index < -0.39 is 5.97 Å². The molecule has 1 aliphatic rings. The Morgan fingerprint density at radius 3 is 2.90 bits per heavy atom. The van der Waals surface area contributed by atoms with Crippen LogP contribution in [0.2, 0.25) is 0 Å². The number of hydrogen-bond donors (Lipinski definition) is 2. The van der Waals surface area contributed by atoms with Crippen LogP contribution in [0.25, 0.3) is 0 Å². The second kappa shape index (κ2) is 7.75. The monoisotopic (exact) mass is 292 g/mol. The zero-order valence-electron chi connectivity index (χ0n) is 12.1. The lowest BCUT2D eigenvalue weighted by Gasteiger charge is -2.17. The van der Waals surface area contributed by atoms with E-state index in [9.17, 15) is 9.59 Å². The van der Waals surface area contributed by atoms with E-state index in [-0.39, 0.29) is 24.1 Å². The molecule has 0 aromatic heterocycles. The largest absolute Gasteiger partial charge is 0.462 e. The van der Waals surface area contributed by atoms with E-state index in [0.29, 0.717) is 25.3 Å². The molecule has 0 bridgehead atoms. The van der Waals surface area contributed by atoms with E-state index in [2.05, 4.69) is 10.6 Å². The molecule has 0 aliphatic carbocycles. The molecule has 114 valence electrons. The van der Waals surface area contributed by atoms with Crippen LogP contribution in [0.5, 0.6) is 0 Å². The maximum absolute atomic E-state index is 12.4. The number of nitrogens with one attached hydrogen (secondary N) is 2. The molecule has 1 atom stereocenters. The fourth-order valence-electron chi connectivity index (χ4n) is 2.13. The minimum absolute atomic E-state index is 0.116. The van der Waals surface area contributed by atoms with Crippen LogP contribution in [0.1, 0.15) is 27.6 Å². The number of hydrogen-bond acceptors (Lipinski definition) is 5. The predicted octanol–water partition coefficient (Wildman–Crippen LogP) is 0.582. The van der Waals surface area contributed by atoms with Gasteiger partial charge in [-0.1, -0.05) is 12.1 Å². The molecule has 1 saturated heterocycles. The molecule has 1 amide bonds. The zero-order chi connectivity index (χ0) is 15.1. The number of esters is 1. The molecule has 2 rings (SSSR count). The fourth-order valence-corrected chi connectivity index (χ4v) is 2.13. The Morgan fingerprint density at radius 2 is 2.14 bits per heavy atom. The molecule has 1 fully saturated rings. The molecule has 0 radical (unpaired) electrons. The summed E-state index contributed by atoms with van der Waals surface area (Å²) in [6.07, 6.45) is 0. The number of amides is 1. The Labute approximate surface area is 123 Å². The lowest BCUT2D eigenvalue weighted by molar-refractivity contribution is 0.0522. The Morgan fingerprint density at radius 1 is 1.38 bits per heavy atom. The Balaban J connectivity index is 2.09. The molecule has 0 saturated carbocycles. The number of rotatable bonds is 4. The van der Waals surface area contributed by atoms with Crippen molar-refractivity contribution in [1.29, 1.82) is 0 Å². The molecule has 0 spiro atoms. The van der Waals surface area contributed by atoms with E-state index in [0.717, 1.165) is 6.54 Å². The summed E-state index contributed by atoms with van der Waals surface area (Å²) in [4.78, 5) is 24.2. The third-order valence-corrected chi connectivity index (χ3v) is 3.14. The van der Waals surface area contributed by atoms with Crippen LogP contribution in [-0.4, -0.2) is 50.8 Å². The van der Waals surface area contributed by atoms with Crippen molar-refractivity contribution in [3.05, 3.63) is 35.4 Å². The Hall–Kier alpha value is -1.92. The van der Waals surface area contributed by atoms with Crippen LogP contribution in [0.15, 0.2) is 24.3 Å². The van der Waals surface area contributed by atoms with Crippen molar-refractivity contribution in [2.45, 2.75) is 13.0 Å². The first-order valence-corrected chi connectivity index (χ1v) is 7.08. The van der Waals surface area contributed by atoms with Gasteiger partial charge < -0.3 is 20.1 Å². The smallest absolute Gasteiger partial charge is 0.338 e. The van der Waals surface area contributed by atoms with Gasteiger partial charge in [0.25, 0.3) is 5.91 Å². The third-order valence-electron chi connectivity index (χ3n) is 3.14. The van der Waals surface area contributed by atoms with E-state index in [1.807, 2.05) is 0 Å². The van der Waals surface area contributed by atoms with E-state index in [1.165, 1.54) is 0 Å². The topological polar surface area (TPSA) is 76.7 Å². The lowest BCUT2D eigenvalue weighted by atomic mass is 10.1. The molecule has 1 aromatic carbocycles. The summed E-state index contributed by atoms with van der Waals surface area (Å²) in [5.74, 6) is -0.783. The Bertz CT molecular complexity index is 496. The van der Waals surface area contributed by atoms with Crippen molar-refractivity contribution in [2.24, 2.45) is 0 Å². The number of carbonyl (C=O) groups is 2. The van der Waals surface area contributed by atoms with Gasteiger partial charge in [0.2, 0.25) is 0 Å². The van der Waals surface area contributed by atoms with Crippen LogP contribution in [-0.2, 0) is 9.47 Å². The molecule has 1 aromatic rings. The van der Waals surface area contributed by atoms with Gasteiger partial charge in [-0.25, -0.2) is 4.79 Å². The van der Waals surface area contributed by atoms with Crippen LogP contribution in [0, 0.1) is 0 Å². The number of ether oxygens (including phenoxy) is 2. The van der Waals surface area contributed by atoms with Crippen molar-refractivity contribution in [3.63, 3.8) is 0 Å². The highest BCUT2D eigenvalue weighted by Gasteiger charge is 2.20. The SMILES string of the molecule is CCOC(=O)c1ccccc1C(=O)NC1CNCCOC1. The van der Waals surface area contributed by atoms with Gasteiger partial charge in [-0.2, -0.15) is 0 Å². The molecule has 21 heavy (non-hydrogen) atoms. The van der Waals surface area contributed by atoms with Gasteiger partial charge in [-0.05, 0) is 19.1 Å². The van der Waals surface area contributed by atoms with Crippen LogP contribution in [0.4, 0.5) is 0 Å². The van der Waals surface area contributed by atoms with Crippen LogP contribution in [0.3, 0.4) is 0 Å². The average molecular weight is 292 g/mol. The van der Waals surface area contributed by atoms with Crippen molar-refractivity contribution >= 4 is 11.9 Å². The summed E-state index contributed by atoms with van der Waals surface area (Å²) in [7, 11) is 0. The minimum atomic E-state index is -0.488. The highest BCUT2D eigenvalue weighted by atomic mass is 16.5. The molecule has 6 heteroatoms.